The Morgan fingerprint density at radius 1 is 1.27 bits per heavy atom. The van der Waals surface area contributed by atoms with Crippen molar-refractivity contribution in [2.75, 3.05) is 0 Å². The number of rotatable bonds is 7. The molecule has 0 spiro atoms. The first-order valence-electron chi connectivity index (χ1n) is 7.86. The number of aryl methyl sites for hydroxylation is 1. The van der Waals surface area contributed by atoms with Gasteiger partial charge in [-0.15, -0.1) is 0 Å². The zero-order chi connectivity index (χ0) is 15.9. The lowest BCUT2D eigenvalue weighted by Crippen LogP contribution is -2.19. The average Bonchev–Trinajstić information content (AvgIpc) is 2.83. The molecule has 4 atom stereocenters. The number of benzene rings is 1. The lowest BCUT2D eigenvalue weighted by molar-refractivity contribution is -0.138. The van der Waals surface area contributed by atoms with Crippen LogP contribution in [0.4, 0.5) is 0 Å². The van der Waals surface area contributed by atoms with Crippen LogP contribution in [0.15, 0.2) is 42.5 Å². The lowest BCUT2D eigenvalue weighted by Gasteiger charge is -2.17. The van der Waals surface area contributed by atoms with E-state index in [0.29, 0.717) is 12.8 Å². The highest BCUT2D eigenvalue weighted by Gasteiger charge is 2.34. The van der Waals surface area contributed by atoms with E-state index in [4.69, 9.17) is 5.11 Å². The first-order valence-corrected chi connectivity index (χ1v) is 7.86. The van der Waals surface area contributed by atoms with Crippen molar-refractivity contribution in [1.29, 1.82) is 0 Å². The average molecular weight is 304 g/mol. The lowest BCUT2D eigenvalue weighted by atomic mass is 9.91. The fourth-order valence-corrected chi connectivity index (χ4v) is 3.14. The van der Waals surface area contributed by atoms with Gasteiger partial charge in [0.15, 0.2) is 0 Å². The van der Waals surface area contributed by atoms with E-state index in [-0.39, 0.29) is 18.3 Å². The Morgan fingerprint density at radius 3 is 2.68 bits per heavy atom. The molecule has 22 heavy (non-hydrogen) atoms. The summed E-state index contributed by atoms with van der Waals surface area (Å²) in [6.07, 6.45) is 5.28. The Hall–Kier alpha value is -1.65. The zero-order valence-corrected chi connectivity index (χ0v) is 12.6. The standard InChI is InChI=1S/C18H24O4/c19-15(8-6-13-4-2-1-3-5-13)9-10-16-14(12-18(21)22)7-11-17(16)20/h1-5,9-10,14-17,19-20H,6-8,11-12H2,(H,21,22). The highest BCUT2D eigenvalue weighted by atomic mass is 16.4. The van der Waals surface area contributed by atoms with Gasteiger partial charge in [0.25, 0.3) is 0 Å². The highest BCUT2D eigenvalue weighted by molar-refractivity contribution is 5.67. The first kappa shape index (κ1) is 16.7. The summed E-state index contributed by atoms with van der Waals surface area (Å²) >= 11 is 0. The predicted octanol–water partition coefficient (Wildman–Crippen LogP) is 2.40. The van der Waals surface area contributed by atoms with E-state index in [1.807, 2.05) is 30.3 Å². The number of carboxylic acids is 1. The van der Waals surface area contributed by atoms with Crippen molar-refractivity contribution in [3.63, 3.8) is 0 Å². The molecule has 1 fully saturated rings. The number of carboxylic acid groups (broad SMARTS) is 1. The molecule has 120 valence electrons. The van der Waals surface area contributed by atoms with E-state index >= 15 is 0 Å². The normalized spacial score (nSPS) is 26.4. The molecular formula is C18H24O4. The summed E-state index contributed by atoms with van der Waals surface area (Å²) < 4.78 is 0. The minimum Gasteiger partial charge on any atom is -0.481 e. The topological polar surface area (TPSA) is 77.8 Å². The van der Waals surface area contributed by atoms with Gasteiger partial charge in [-0.1, -0.05) is 42.5 Å². The van der Waals surface area contributed by atoms with Crippen molar-refractivity contribution < 1.29 is 20.1 Å². The first-order chi connectivity index (χ1) is 10.6. The molecule has 4 unspecified atom stereocenters. The van der Waals surface area contributed by atoms with Crippen LogP contribution in [0, 0.1) is 11.8 Å². The van der Waals surface area contributed by atoms with Gasteiger partial charge in [-0.25, -0.2) is 0 Å². The molecule has 0 saturated heterocycles. The van der Waals surface area contributed by atoms with Gasteiger partial charge in [-0.05, 0) is 37.2 Å². The molecule has 4 nitrogen and oxygen atoms in total. The maximum Gasteiger partial charge on any atom is 0.303 e. The van der Waals surface area contributed by atoms with Crippen LogP contribution in [0.1, 0.15) is 31.2 Å². The van der Waals surface area contributed by atoms with Gasteiger partial charge in [0.05, 0.1) is 12.2 Å². The molecule has 4 heteroatoms. The van der Waals surface area contributed by atoms with Crippen molar-refractivity contribution in [2.24, 2.45) is 11.8 Å². The number of aliphatic hydroxyl groups excluding tert-OH is 2. The van der Waals surface area contributed by atoms with Crippen LogP contribution in [0.3, 0.4) is 0 Å². The van der Waals surface area contributed by atoms with E-state index in [2.05, 4.69) is 0 Å². The summed E-state index contributed by atoms with van der Waals surface area (Å²) in [5.41, 5.74) is 1.18. The molecule has 0 aromatic heterocycles. The summed E-state index contributed by atoms with van der Waals surface area (Å²) in [5, 5.41) is 28.9. The maximum atomic E-state index is 10.8. The second kappa shape index (κ2) is 8.11. The molecule has 2 rings (SSSR count). The second-order valence-corrected chi connectivity index (χ2v) is 6.06. The van der Waals surface area contributed by atoms with E-state index in [1.54, 1.807) is 12.2 Å². The largest absolute Gasteiger partial charge is 0.481 e. The number of hydrogen-bond donors (Lipinski definition) is 3. The molecular weight excluding hydrogens is 280 g/mol. The van der Waals surface area contributed by atoms with E-state index in [9.17, 15) is 15.0 Å². The highest BCUT2D eigenvalue weighted by Crippen LogP contribution is 2.35. The molecule has 0 heterocycles. The molecule has 1 aliphatic carbocycles. The smallest absolute Gasteiger partial charge is 0.303 e. The third kappa shape index (κ3) is 4.97. The number of carbonyl (C=O) groups is 1. The Bertz CT molecular complexity index is 497. The number of hydrogen-bond acceptors (Lipinski definition) is 3. The van der Waals surface area contributed by atoms with Gasteiger partial charge in [0, 0.05) is 12.3 Å². The van der Waals surface area contributed by atoms with Crippen LogP contribution in [0.2, 0.25) is 0 Å². The quantitative estimate of drug-likeness (QED) is 0.676. The van der Waals surface area contributed by atoms with Gasteiger partial charge < -0.3 is 15.3 Å². The fraction of sp³-hybridized carbons (Fsp3) is 0.500. The molecule has 1 saturated carbocycles. The molecule has 0 amide bonds. The molecule has 0 aliphatic heterocycles. The van der Waals surface area contributed by atoms with Crippen LogP contribution in [0.5, 0.6) is 0 Å². The van der Waals surface area contributed by atoms with Crippen molar-refractivity contribution in [2.45, 2.75) is 44.3 Å². The summed E-state index contributed by atoms with van der Waals surface area (Å²) in [4.78, 5) is 10.8. The van der Waals surface area contributed by atoms with Crippen LogP contribution in [0.25, 0.3) is 0 Å². The Balaban J connectivity index is 1.85. The van der Waals surface area contributed by atoms with Crippen LogP contribution in [-0.4, -0.2) is 33.5 Å². The summed E-state index contributed by atoms with van der Waals surface area (Å²) in [7, 11) is 0. The van der Waals surface area contributed by atoms with Crippen LogP contribution >= 0.6 is 0 Å². The Labute approximate surface area is 131 Å². The second-order valence-electron chi connectivity index (χ2n) is 6.06. The number of aliphatic hydroxyl groups is 2. The molecule has 0 radical (unpaired) electrons. The van der Waals surface area contributed by atoms with Gasteiger partial charge >= 0.3 is 5.97 Å². The SMILES string of the molecule is O=C(O)CC1CCC(O)C1C=CC(O)CCc1ccccc1. The summed E-state index contributed by atoms with van der Waals surface area (Å²) in [6.45, 7) is 0. The minimum absolute atomic E-state index is 0.0370. The van der Waals surface area contributed by atoms with Gasteiger partial charge in [0.1, 0.15) is 0 Å². The molecule has 0 bridgehead atoms. The molecule has 1 aliphatic rings. The third-order valence-electron chi connectivity index (χ3n) is 4.39. The zero-order valence-electron chi connectivity index (χ0n) is 12.6. The predicted molar refractivity (Wildman–Crippen MR) is 84.4 cm³/mol. The fourth-order valence-electron chi connectivity index (χ4n) is 3.14. The van der Waals surface area contributed by atoms with Gasteiger partial charge in [0.2, 0.25) is 0 Å². The summed E-state index contributed by atoms with van der Waals surface area (Å²) in [5.74, 6) is -1.03. The van der Waals surface area contributed by atoms with E-state index in [0.717, 1.165) is 12.8 Å². The van der Waals surface area contributed by atoms with Crippen LogP contribution < -0.4 is 0 Å². The van der Waals surface area contributed by atoms with Crippen LogP contribution in [-0.2, 0) is 11.2 Å². The van der Waals surface area contributed by atoms with E-state index in [1.165, 1.54) is 5.56 Å². The molecule has 1 aromatic rings. The van der Waals surface area contributed by atoms with Crippen molar-refractivity contribution in [3.05, 3.63) is 48.0 Å². The molecule has 1 aromatic carbocycles. The molecule has 3 N–H and O–H groups in total. The third-order valence-corrected chi connectivity index (χ3v) is 4.39. The Kier molecular flexibility index (Phi) is 6.16. The van der Waals surface area contributed by atoms with Crippen molar-refractivity contribution in [3.8, 4) is 0 Å². The number of aliphatic carboxylic acids is 1. The Morgan fingerprint density at radius 2 is 2.00 bits per heavy atom. The minimum atomic E-state index is -0.831. The van der Waals surface area contributed by atoms with E-state index < -0.39 is 18.2 Å². The van der Waals surface area contributed by atoms with Gasteiger partial charge in [-0.3, -0.25) is 4.79 Å². The van der Waals surface area contributed by atoms with Gasteiger partial charge in [-0.2, -0.15) is 0 Å². The van der Waals surface area contributed by atoms with Crippen molar-refractivity contribution in [1.82, 2.24) is 0 Å². The van der Waals surface area contributed by atoms with Crippen molar-refractivity contribution >= 4 is 5.97 Å². The maximum absolute atomic E-state index is 10.8. The summed E-state index contributed by atoms with van der Waals surface area (Å²) in [6, 6.07) is 9.97. The monoisotopic (exact) mass is 304 g/mol.